The van der Waals surface area contributed by atoms with E-state index in [9.17, 15) is 0 Å². The van der Waals surface area contributed by atoms with Crippen molar-refractivity contribution in [3.8, 4) is 5.75 Å². The quantitative estimate of drug-likeness (QED) is 0.212. The third kappa shape index (κ3) is 11.0. The first-order chi connectivity index (χ1) is 12.7. The molecule has 2 unspecified atom stereocenters. The molecule has 0 aliphatic carbocycles. The number of hydrogen-bond acceptors (Lipinski definition) is 7. The Balaban J connectivity index is 2.12. The Kier molecular flexibility index (Phi) is 12.5. The highest BCUT2D eigenvalue weighted by molar-refractivity contribution is 5.46. The lowest BCUT2D eigenvalue weighted by Gasteiger charge is -2.12. The zero-order valence-corrected chi connectivity index (χ0v) is 16.0. The number of aliphatic hydroxyl groups is 1. The molecule has 1 aromatic carbocycles. The SMILES string of the molecule is COCC(COC=NCCCc1ccc(OCCNC(C)O)cc1)OC. The Morgan fingerprint density at radius 1 is 1.19 bits per heavy atom. The minimum Gasteiger partial charge on any atom is -0.492 e. The zero-order chi connectivity index (χ0) is 19.0. The van der Waals surface area contributed by atoms with E-state index in [1.165, 1.54) is 12.0 Å². The van der Waals surface area contributed by atoms with Crippen LogP contribution in [0.15, 0.2) is 29.3 Å². The summed E-state index contributed by atoms with van der Waals surface area (Å²) in [5.74, 6) is 0.830. The highest BCUT2D eigenvalue weighted by atomic mass is 16.5. The van der Waals surface area contributed by atoms with Crippen molar-refractivity contribution in [1.82, 2.24) is 5.32 Å². The van der Waals surface area contributed by atoms with Crippen molar-refractivity contribution in [2.45, 2.75) is 32.1 Å². The zero-order valence-electron chi connectivity index (χ0n) is 16.0. The number of nitrogens with one attached hydrogen (secondary N) is 1. The van der Waals surface area contributed by atoms with Gasteiger partial charge in [0.2, 0.25) is 0 Å². The van der Waals surface area contributed by atoms with Crippen LogP contribution in [0.25, 0.3) is 0 Å². The summed E-state index contributed by atoms with van der Waals surface area (Å²) < 4.78 is 21.1. The second kappa shape index (κ2) is 14.5. The van der Waals surface area contributed by atoms with Crippen LogP contribution in [0, 0.1) is 0 Å². The standard InChI is InChI=1S/C19H32N2O5/c1-16(22)21-11-12-26-18-8-6-17(7-9-18)5-4-10-20-15-25-14-19(24-3)13-23-2/h6-9,15-16,19,21-22H,4-5,10-14H2,1-3H3. The first-order valence-electron chi connectivity index (χ1n) is 8.90. The summed E-state index contributed by atoms with van der Waals surface area (Å²) in [7, 11) is 3.26. The van der Waals surface area contributed by atoms with Gasteiger partial charge in [-0.2, -0.15) is 0 Å². The van der Waals surface area contributed by atoms with Crippen LogP contribution in [-0.4, -0.2) is 71.0 Å². The van der Waals surface area contributed by atoms with Gasteiger partial charge in [0.15, 0.2) is 6.40 Å². The Morgan fingerprint density at radius 2 is 1.96 bits per heavy atom. The van der Waals surface area contributed by atoms with E-state index in [2.05, 4.69) is 22.4 Å². The van der Waals surface area contributed by atoms with Gasteiger partial charge in [0, 0.05) is 27.3 Å². The first-order valence-corrected chi connectivity index (χ1v) is 8.90. The first kappa shape index (κ1) is 22.4. The molecular formula is C19H32N2O5. The fraction of sp³-hybridized carbons (Fsp3) is 0.632. The van der Waals surface area contributed by atoms with Crippen LogP contribution < -0.4 is 10.1 Å². The van der Waals surface area contributed by atoms with Crippen LogP contribution in [0.2, 0.25) is 0 Å². The van der Waals surface area contributed by atoms with E-state index >= 15 is 0 Å². The van der Waals surface area contributed by atoms with Crippen LogP contribution in [-0.2, 0) is 20.6 Å². The molecule has 1 rings (SSSR count). The molecule has 2 N–H and O–H groups in total. The largest absolute Gasteiger partial charge is 0.492 e. The van der Waals surface area contributed by atoms with Crippen LogP contribution in [0.3, 0.4) is 0 Å². The van der Waals surface area contributed by atoms with Gasteiger partial charge < -0.3 is 24.1 Å². The number of benzene rings is 1. The summed E-state index contributed by atoms with van der Waals surface area (Å²) in [6.07, 6.45) is 2.80. The number of hydrogen-bond donors (Lipinski definition) is 2. The maximum absolute atomic E-state index is 9.10. The molecule has 1 aromatic rings. The number of aryl methyl sites for hydroxylation is 1. The predicted molar refractivity (Wildman–Crippen MR) is 102 cm³/mol. The van der Waals surface area contributed by atoms with Gasteiger partial charge in [-0.05, 0) is 37.5 Å². The van der Waals surface area contributed by atoms with Crippen molar-refractivity contribution in [3.05, 3.63) is 29.8 Å². The molecule has 0 heterocycles. The average molecular weight is 368 g/mol. The average Bonchev–Trinajstić information content (AvgIpc) is 2.64. The molecule has 0 saturated carbocycles. The van der Waals surface area contributed by atoms with Gasteiger partial charge >= 0.3 is 0 Å². The second-order valence-corrected chi connectivity index (χ2v) is 5.88. The van der Waals surface area contributed by atoms with E-state index in [0.717, 1.165) is 18.6 Å². The van der Waals surface area contributed by atoms with E-state index in [1.54, 1.807) is 21.1 Å². The molecule has 0 saturated heterocycles. The van der Waals surface area contributed by atoms with Crippen molar-refractivity contribution >= 4 is 6.40 Å². The molecule has 148 valence electrons. The Labute approximate surface area is 156 Å². The van der Waals surface area contributed by atoms with Gasteiger partial charge in [-0.25, -0.2) is 0 Å². The van der Waals surface area contributed by atoms with Gasteiger partial charge in [0.25, 0.3) is 0 Å². The molecule has 0 aromatic heterocycles. The molecule has 7 heteroatoms. The number of methoxy groups -OCH3 is 2. The maximum Gasteiger partial charge on any atom is 0.169 e. The molecule has 26 heavy (non-hydrogen) atoms. The fourth-order valence-electron chi connectivity index (χ4n) is 2.19. The monoisotopic (exact) mass is 368 g/mol. The van der Waals surface area contributed by atoms with Gasteiger partial charge in [-0.3, -0.25) is 10.3 Å². The lowest BCUT2D eigenvalue weighted by molar-refractivity contribution is -0.000443. The maximum atomic E-state index is 9.10. The molecular weight excluding hydrogens is 336 g/mol. The minimum atomic E-state index is -0.513. The van der Waals surface area contributed by atoms with Crippen LogP contribution in [0.5, 0.6) is 5.75 Å². The van der Waals surface area contributed by atoms with Gasteiger partial charge in [-0.15, -0.1) is 0 Å². The predicted octanol–water partition coefficient (Wildman–Crippen LogP) is 1.63. The number of rotatable bonds is 15. The van der Waals surface area contributed by atoms with Crippen molar-refractivity contribution in [1.29, 1.82) is 0 Å². The molecule has 0 aliphatic rings. The van der Waals surface area contributed by atoms with Crippen LogP contribution in [0.1, 0.15) is 18.9 Å². The Morgan fingerprint density at radius 3 is 2.62 bits per heavy atom. The topological polar surface area (TPSA) is 81.5 Å². The Bertz CT molecular complexity index is 479. The highest BCUT2D eigenvalue weighted by Crippen LogP contribution is 2.13. The van der Waals surface area contributed by atoms with Crippen LogP contribution in [0.4, 0.5) is 0 Å². The van der Waals surface area contributed by atoms with Crippen molar-refractivity contribution in [2.75, 3.05) is 47.1 Å². The van der Waals surface area contributed by atoms with Gasteiger partial charge in [-0.1, -0.05) is 12.1 Å². The summed E-state index contributed by atoms with van der Waals surface area (Å²) in [5.41, 5.74) is 1.25. The summed E-state index contributed by atoms with van der Waals surface area (Å²) >= 11 is 0. The van der Waals surface area contributed by atoms with Crippen molar-refractivity contribution < 1.29 is 24.1 Å². The molecule has 0 bridgehead atoms. The summed E-state index contributed by atoms with van der Waals surface area (Å²) in [6.45, 7) is 4.46. The highest BCUT2D eigenvalue weighted by Gasteiger charge is 2.05. The Hall–Kier alpha value is -1.67. The number of aliphatic imine (C=N–C) groups is 1. The lowest BCUT2D eigenvalue weighted by Crippen LogP contribution is -2.29. The molecule has 0 spiro atoms. The molecule has 0 radical (unpaired) electrons. The summed E-state index contributed by atoms with van der Waals surface area (Å²) in [4.78, 5) is 4.24. The number of ether oxygens (including phenoxy) is 4. The molecule has 0 amide bonds. The molecule has 7 nitrogen and oxygen atoms in total. The molecule has 0 aliphatic heterocycles. The van der Waals surface area contributed by atoms with E-state index in [0.29, 0.717) is 32.9 Å². The normalized spacial score (nSPS) is 13.7. The fourth-order valence-corrected chi connectivity index (χ4v) is 2.19. The minimum absolute atomic E-state index is 0.0741. The molecule has 0 fully saturated rings. The third-order valence-corrected chi connectivity index (χ3v) is 3.60. The summed E-state index contributed by atoms with van der Waals surface area (Å²) in [6, 6.07) is 8.05. The van der Waals surface area contributed by atoms with E-state index < -0.39 is 6.23 Å². The van der Waals surface area contributed by atoms with E-state index in [-0.39, 0.29) is 6.10 Å². The smallest absolute Gasteiger partial charge is 0.169 e. The van der Waals surface area contributed by atoms with E-state index in [4.69, 9.17) is 24.1 Å². The third-order valence-electron chi connectivity index (χ3n) is 3.60. The van der Waals surface area contributed by atoms with Crippen molar-refractivity contribution in [3.63, 3.8) is 0 Å². The number of aliphatic hydroxyl groups excluding tert-OH is 1. The van der Waals surface area contributed by atoms with Crippen LogP contribution >= 0.6 is 0 Å². The molecule has 2 atom stereocenters. The van der Waals surface area contributed by atoms with E-state index in [1.807, 2.05) is 12.1 Å². The van der Waals surface area contributed by atoms with Crippen molar-refractivity contribution in [2.24, 2.45) is 4.99 Å². The summed E-state index contributed by atoms with van der Waals surface area (Å²) in [5, 5.41) is 12.0. The van der Waals surface area contributed by atoms with Gasteiger partial charge in [0.1, 0.15) is 31.3 Å². The number of nitrogens with zero attached hydrogens (tertiary/aromatic N) is 1. The van der Waals surface area contributed by atoms with Gasteiger partial charge in [0.05, 0.1) is 6.61 Å². The lowest BCUT2D eigenvalue weighted by atomic mass is 10.1. The second-order valence-electron chi connectivity index (χ2n) is 5.88.